The quantitative estimate of drug-likeness (QED) is 0.671. The van der Waals surface area contributed by atoms with Gasteiger partial charge in [0, 0.05) is 19.1 Å². The summed E-state index contributed by atoms with van der Waals surface area (Å²) in [7, 11) is 3.15. The number of ether oxygens (including phenoxy) is 2. The van der Waals surface area contributed by atoms with Gasteiger partial charge in [-0.3, -0.25) is 4.79 Å². The van der Waals surface area contributed by atoms with E-state index in [4.69, 9.17) is 9.47 Å². The average Bonchev–Trinajstić information content (AvgIpc) is 2.72. The number of amides is 1. The molecule has 0 aromatic carbocycles. The number of fused-ring (bicyclic) bond motifs is 1. The lowest BCUT2D eigenvalue weighted by atomic mass is 10.1. The molecule has 0 spiro atoms. The minimum absolute atomic E-state index is 0.0327. The van der Waals surface area contributed by atoms with Crippen molar-refractivity contribution in [3.63, 3.8) is 0 Å². The van der Waals surface area contributed by atoms with E-state index in [0.29, 0.717) is 0 Å². The molecule has 2 rings (SSSR count). The maximum Gasteiger partial charge on any atom is 0.261 e. The number of hydrogen-bond acceptors (Lipinski definition) is 4. The van der Waals surface area contributed by atoms with Crippen LogP contribution in [0.2, 0.25) is 0 Å². The zero-order valence-electron chi connectivity index (χ0n) is 12.4. The SMILES string of the molecule is COC(OC)C(C)NC(=O)c1cc2c(s1)CCCCC2. The largest absolute Gasteiger partial charge is 0.354 e. The lowest BCUT2D eigenvalue weighted by Gasteiger charge is -2.21. The summed E-state index contributed by atoms with van der Waals surface area (Å²) >= 11 is 1.63. The van der Waals surface area contributed by atoms with Crippen LogP contribution in [0.4, 0.5) is 0 Å². The molecule has 1 amide bonds. The van der Waals surface area contributed by atoms with Gasteiger partial charge in [0.05, 0.1) is 10.9 Å². The molecule has 1 aliphatic rings. The van der Waals surface area contributed by atoms with Gasteiger partial charge in [-0.15, -0.1) is 11.3 Å². The summed E-state index contributed by atoms with van der Waals surface area (Å²) in [5.41, 5.74) is 1.36. The Morgan fingerprint density at radius 2 is 1.95 bits per heavy atom. The van der Waals surface area contributed by atoms with Crippen molar-refractivity contribution < 1.29 is 14.3 Å². The molecule has 0 bridgehead atoms. The molecular weight excluding hydrogens is 274 g/mol. The summed E-state index contributed by atoms with van der Waals surface area (Å²) < 4.78 is 10.3. The first-order valence-electron chi connectivity index (χ1n) is 7.13. The first kappa shape index (κ1) is 15.5. The smallest absolute Gasteiger partial charge is 0.261 e. The van der Waals surface area contributed by atoms with Crippen molar-refractivity contribution >= 4 is 17.2 Å². The molecule has 1 aromatic heterocycles. The summed E-state index contributed by atoms with van der Waals surface area (Å²) in [6.07, 6.45) is 5.56. The Kier molecular flexibility index (Phi) is 5.57. The predicted octanol–water partition coefficient (Wildman–Crippen LogP) is 2.75. The highest BCUT2D eigenvalue weighted by Crippen LogP contribution is 2.29. The number of rotatable bonds is 5. The molecule has 0 fully saturated rings. The molecular formula is C15H23NO3S. The highest BCUT2D eigenvalue weighted by atomic mass is 32.1. The molecule has 1 aliphatic carbocycles. The molecule has 1 N–H and O–H groups in total. The Balaban J connectivity index is 2.02. The molecule has 1 atom stereocenters. The Morgan fingerprint density at radius 1 is 1.25 bits per heavy atom. The molecule has 0 saturated carbocycles. The molecule has 1 unspecified atom stereocenters. The number of hydrogen-bond donors (Lipinski definition) is 1. The Hall–Kier alpha value is -0.910. The number of aryl methyl sites for hydroxylation is 2. The highest BCUT2D eigenvalue weighted by molar-refractivity contribution is 7.14. The van der Waals surface area contributed by atoms with E-state index in [1.807, 2.05) is 6.92 Å². The summed E-state index contributed by atoms with van der Waals surface area (Å²) in [6.45, 7) is 1.88. The summed E-state index contributed by atoms with van der Waals surface area (Å²) in [6, 6.07) is 1.88. The van der Waals surface area contributed by atoms with E-state index in [0.717, 1.165) is 17.7 Å². The Morgan fingerprint density at radius 3 is 2.65 bits per heavy atom. The van der Waals surface area contributed by atoms with Gasteiger partial charge in [0.15, 0.2) is 6.29 Å². The van der Waals surface area contributed by atoms with E-state index < -0.39 is 6.29 Å². The molecule has 5 heteroatoms. The van der Waals surface area contributed by atoms with Crippen molar-refractivity contribution in [2.75, 3.05) is 14.2 Å². The van der Waals surface area contributed by atoms with Crippen molar-refractivity contribution in [1.82, 2.24) is 5.32 Å². The topological polar surface area (TPSA) is 47.6 Å². The number of carbonyl (C=O) groups excluding carboxylic acids is 1. The highest BCUT2D eigenvalue weighted by Gasteiger charge is 2.21. The summed E-state index contributed by atoms with van der Waals surface area (Å²) in [5.74, 6) is -0.0327. The van der Waals surface area contributed by atoms with Gasteiger partial charge in [-0.2, -0.15) is 0 Å². The van der Waals surface area contributed by atoms with E-state index in [1.165, 1.54) is 29.7 Å². The second-order valence-electron chi connectivity index (χ2n) is 5.22. The maximum atomic E-state index is 12.3. The van der Waals surface area contributed by atoms with Crippen LogP contribution in [0.5, 0.6) is 0 Å². The first-order chi connectivity index (χ1) is 9.65. The third-order valence-corrected chi connectivity index (χ3v) is 4.94. The van der Waals surface area contributed by atoms with Crippen LogP contribution in [-0.2, 0) is 22.3 Å². The summed E-state index contributed by atoms with van der Waals surface area (Å²) in [4.78, 5) is 14.5. The fraction of sp³-hybridized carbons (Fsp3) is 0.667. The number of methoxy groups -OCH3 is 2. The Bertz CT molecular complexity index is 430. The van der Waals surface area contributed by atoms with Gasteiger partial charge in [-0.1, -0.05) is 6.42 Å². The third kappa shape index (κ3) is 3.59. The van der Waals surface area contributed by atoms with E-state index >= 15 is 0 Å². The monoisotopic (exact) mass is 297 g/mol. The minimum atomic E-state index is -0.420. The number of nitrogens with one attached hydrogen (secondary N) is 1. The second-order valence-corrected chi connectivity index (χ2v) is 6.36. The van der Waals surface area contributed by atoms with Gasteiger partial charge in [0.1, 0.15) is 0 Å². The van der Waals surface area contributed by atoms with Crippen LogP contribution in [0.25, 0.3) is 0 Å². The van der Waals surface area contributed by atoms with Gasteiger partial charge < -0.3 is 14.8 Å². The van der Waals surface area contributed by atoms with Gasteiger partial charge >= 0.3 is 0 Å². The maximum absolute atomic E-state index is 12.3. The van der Waals surface area contributed by atoms with Gasteiger partial charge in [-0.05, 0) is 44.2 Å². The van der Waals surface area contributed by atoms with Crippen molar-refractivity contribution in [3.8, 4) is 0 Å². The fourth-order valence-corrected chi connectivity index (χ4v) is 3.79. The lowest BCUT2D eigenvalue weighted by Crippen LogP contribution is -2.42. The van der Waals surface area contributed by atoms with E-state index in [-0.39, 0.29) is 11.9 Å². The van der Waals surface area contributed by atoms with Crippen molar-refractivity contribution in [1.29, 1.82) is 0 Å². The molecule has 112 valence electrons. The van der Waals surface area contributed by atoms with Crippen LogP contribution in [0.1, 0.15) is 46.3 Å². The zero-order chi connectivity index (χ0) is 14.5. The Labute approximate surface area is 124 Å². The number of carbonyl (C=O) groups is 1. The zero-order valence-corrected chi connectivity index (χ0v) is 13.2. The molecule has 1 aromatic rings. The van der Waals surface area contributed by atoms with Gasteiger partial charge in [0.25, 0.3) is 5.91 Å². The average molecular weight is 297 g/mol. The predicted molar refractivity (Wildman–Crippen MR) is 80.3 cm³/mol. The fourth-order valence-electron chi connectivity index (χ4n) is 2.63. The van der Waals surface area contributed by atoms with Crippen LogP contribution in [0.15, 0.2) is 6.07 Å². The third-order valence-electron chi connectivity index (χ3n) is 3.70. The van der Waals surface area contributed by atoms with Crippen LogP contribution < -0.4 is 5.32 Å². The van der Waals surface area contributed by atoms with Crippen LogP contribution >= 0.6 is 11.3 Å². The van der Waals surface area contributed by atoms with Crippen molar-refractivity contribution in [2.24, 2.45) is 0 Å². The van der Waals surface area contributed by atoms with Crippen LogP contribution in [-0.4, -0.2) is 32.5 Å². The van der Waals surface area contributed by atoms with Gasteiger partial charge in [0.2, 0.25) is 0 Å². The van der Waals surface area contributed by atoms with E-state index in [2.05, 4.69) is 11.4 Å². The molecule has 0 aliphatic heterocycles. The molecule has 20 heavy (non-hydrogen) atoms. The minimum Gasteiger partial charge on any atom is -0.354 e. The van der Waals surface area contributed by atoms with Crippen molar-refractivity contribution in [3.05, 3.63) is 21.4 Å². The summed E-state index contributed by atoms with van der Waals surface area (Å²) in [5, 5.41) is 2.94. The van der Waals surface area contributed by atoms with E-state index in [1.54, 1.807) is 25.6 Å². The second kappa shape index (κ2) is 7.20. The van der Waals surface area contributed by atoms with Crippen LogP contribution in [0.3, 0.4) is 0 Å². The molecule has 0 radical (unpaired) electrons. The van der Waals surface area contributed by atoms with Crippen molar-refractivity contribution in [2.45, 2.75) is 51.4 Å². The molecule has 0 saturated heterocycles. The van der Waals surface area contributed by atoms with E-state index in [9.17, 15) is 4.79 Å². The molecule has 4 nitrogen and oxygen atoms in total. The lowest BCUT2D eigenvalue weighted by molar-refractivity contribution is -0.117. The molecule has 1 heterocycles. The normalized spacial score (nSPS) is 16.6. The van der Waals surface area contributed by atoms with Crippen LogP contribution in [0, 0.1) is 0 Å². The number of thiophene rings is 1. The first-order valence-corrected chi connectivity index (χ1v) is 7.95. The standard InChI is InChI=1S/C15H23NO3S/c1-10(15(18-2)19-3)16-14(17)13-9-11-7-5-4-6-8-12(11)20-13/h9-10,15H,4-8H2,1-3H3,(H,16,17). The van der Waals surface area contributed by atoms with Gasteiger partial charge in [-0.25, -0.2) is 0 Å².